The van der Waals surface area contributed by atoms with Crippen molar-refractivity contribution in [1.82, 2.24) is 15.1 Å². The maximum atomic E-state index is 11.9. The molecule has 6 heteroatoms. The van der Waals surface area contributed by atoms with Gasteiger partial charge in [0.05, 0.1) is 11.8 Å². The molecule has 19 heavy (non-hydrogen) atoms. The summed E-state index contributed by atoms with van der Waals surface area (Å²) < 4.78 is 1.24. The molecule has 0 spiro atoms. The van der Waals surface area contributed by atoms with E-state index < -0.39 is 5.97 Å². The Balaban J connectivity index is 2.44. The fourth-order valence-electron chi connectivity index (χ4n) is 1.79. The van der Waals surface area contributed by atoms with E-state index in [9.17, 15) is 9.59 Å². The number of carboxylic acids is 1. The summed E-state index contributed by atoms with van der Waals surface area (Å²) in [6.45, 7) is 3.87. The monoisotopic (exact) mass is 267 g/mol. The zero-order chi connectivity index (χ0) is 14.3. The van der Waals surface area contributed by atoms with Gasteiger partial charge >= 0.3 is 5.97 Å². The van der Waals surface area contributed by atoms with Gasteiger partial charge < -0.3 is 10.4 Å². The number of carbonyl (C=O) groups excluding carboxylic acids is 1. The Kier molecular flexibility index (Phi) is 6.05. The highest BCUT2D eigenvalue weighted by atomic mass is 16.4. The molecule has 0 saturated heterocycles. The van der Waals surface area contributed by atoms with Gasteiger partial charge in [0.2, 0.25) is 0 Å². The zero-order valence-electron chi connectivity index (χ0n) is 11.4. The number of carboxylic acid groups (broad SMARTS) is 1. The molecule has 0 aromatic carbocycles. The Morgan fingerprint density at radius 2 is 2.21 bits per heavy atom. The Hall–Kier alpha value is -1.85. The molecule has 106 valence electrons. The maximum absolute atomic E-state index is 11.9. The van der Waals surface area contributed by atoms with Crippen LogP contribution in [0.5, 0.6) is 0 Å². The lowest BCUT2D eigenvalue weighted by atomic mass is 10.1. The molecule has 0 radical (unpaired) electrons. The van der Waals surface area contributed by atoms with Crippen LogP contribution < -0.4 is 5.32 Å². The van der Waals surface area contributed by atoms with Gasteiger partial charge in [-0.2, -0.15) is 5.10 Å². The SMILES string of the molecule is CCCCCC(C)NC(=O)c1cnn(CC(=O)O)c1. The van der Waals surface area contributed by atoms with Crippen molar-refractivity contribution in [2.24, 2.45) is 0 Å². The maximum Gasteiger partial charge on any atom is 0.325 e. The molecular formula is C13H21N3O3. The molecule has 1 heterocycles. The van der Waals surface area contributed by atoms with E-state index in [0.29, 0.717) is 5.56 Å². The van der Waals surface area contributed by atoms with Crippen LogP contribution >= 0.6 is 0 Å². The van der Waals surface area contributed by atoms with Crippen molar-refractivity contribution >= 4 is 11.9 Å². The molecule has 0 aliphatic heterocycles. The standard InChI is InChI=1S/C13H21N3O3/c1-3-4-5-6-10(2)15-13(19)11-7-14-16(8-11)9-12(17)18/h7-8,10H,3-6,9H2,1-2H3,(H,15,19)(H,17,18). The summed E-state index contributed by atoms with van der Waals surface area (Å²) in [5.41, 5.74) is 0.392. The molecule has 0 bridgehead atoms. The third kappa shape index (κ3) is 5.54. The molecule has 0 fully saturated rings. The van der Waals surface area contributed by atoms with Gasteiger partial charge in [-0.05, 0) is 13.3 Å². The fraction of sp³-hybridized carbons (Fsp3) is 0.615. The van der Waals surface area contributed by atoms with E-state index in [1.54, 1.807) is 0 Å². The molecule has 0 aliphatic rings. The second-order valence-electron chi connectivity index (χ2n) is 4.69. The van der Waals surface area contributed by atoms with E-state index in [2.05, 4.69) is 17.3 Å². The average molecular weight is 267 g/mol. The summed E-state index contributed by atoms with van der Waals surface area (Å²) in [4.78, 5) is 22.4. The van der Waals surface area contributed by atoms with Gasteiger partial charge in [0.15, 0.2) is 0 Å². The van der Waals surface area contributed by atoms with Gasteiger partial charge in [-0.25, -0.2) is 0 Å². The molecule has 1 aromatic heterocycles. The summed E-state index contributed by atoms with van der Waals surface area (Å²) in [6.07, 6.45) is 7.19. The first-order valence-corrected chi connectivity index (χ1v) is 6.58. The third-order valence-electron chi connectivity index (χ3n) is 2.81. The molecular weight excluding hydrogens is 246 g/mol. The van der Waals surface area contributed by atoms with Crippen LogP contribution in [-0.2, 0) is 11.3 Å². The minimum atomic E-state index is -0.983. The normalized spacial score (nSPS) is 12.1. The molecule has 1 rings (SSSR count). The van der Waals surface area contributed by atoms with Crippen LogP contribution in [-0.4, -0.2) is 32.8 Å². The summed E-state index contributed by atoms with van der Waals surface area (Å²) in [5, 5.41) is 15.3. The average Bonchev–Trinajstić information content (AvgIpc) is 2.77. The minimum absolute atomic E-state index is 0.113. The van der Waals surface area contributed by atoms with Crippen molar-refractivity contribution in [2.75, 3.05) is 0 Å². The number of aromatic nitrogens is 2. The van der Waals surface area contributed by atoms with E-state index in [1.807, 2.05) is 6.92 Å². The topological polar surface area (TPSA) is 84.2 Å². The number of hydrogen-bond acceptors (Lipinski definition) is 3. The number of amides is 1. The first-order chi connectivity index (χ1) is 9.02. The summed E-state index contributed by atoms with van der Waals surface area (Å²) in [6, 6.07) is 0.113. The Bertz CT molecular complexity index is 429. The number of carbonyl (C=O) groups is 2. The molecule has 1 atom stereocenters. The van der Waals surface area contributed by atoms with E-state index in [4.69, 9.17) is 5.11 Å². The Morgan fingerprint density at radius 1 is 1.47 bits per heavy atom. The summed E-state index contributed by atoms with van der Waals surface area (Å²) >= 11 is 0. The van der Waals surface area contributed by atoms with Gasteiger partial charge in [0, 0.05) is 12.2 Å². The Morgan fingerprint density at radius 3 is 2.84 bits per heavy atom. The van der Waals surface area contributed by atoms with Crippen LogP contribution in [0.3, 0.4) is 0 Å². The van der Waals surface area contributed by atoms with Crippen LogP contribution in [0.15, 0.2) is 12.4 Å². The third-order valence-corrected chi connectivity index (χ3v) is 2.81. The number of hydrogen-bond donors (Lipinski definition) is 2. The molecule has 0 saturated carbocycles. The lowest BCUT2D eigenvalue weighted by molar-refractivity contribution is -0.137. The number of unbranched alkanes of at least 4 members (excludes halogenated alkanes) is 2. The lowest BCUT2D eigenvalue weighted by Crippen LogP contribution is -2.32. The quantitative estimate of drug-likeness (QED) is 0.702. The zero-order valence-corrected chi connectivity index (χ0v) is 11.4. The highest BCUT2D eigenvalue weighted by Gasteiger charge is 2.12. The van der Waals surface area contributed by atoms with Gasteiger partial charge in [-0.1, -0.05) is 26.2 Å². The van der Waals surface area contributed by atoms with E-state index in [0.717, 1.165) is 25.7 Å². The van der Waals surface area contributed by atoms with Crippen molar-refractivity contribution in [3.63, 3.8) is 0 Å². The molecule has 1 unspecified atom stereocenters. The van der Waals surface area contributed by atoms with Gasteiger partial charge in [-0.15, -0.1) is 0 Å². The lowest BCUT2D eigenvalue weighted by Gasteiger charge is -2.12. The summed E-state index contributed by atoms with van der Waals surface area (Å²) in [5.74, 6) is -1.19. The predicted octanol–water partition coefficient (Wildman–Crippen LogP) is 1.67. The minimum Gasteiger partial charge on any atom is -0.480 e. The Labute approximate surface area is 112 Å². The number of aliphatic carboxylic acids is 1. The fourth-order valence-corrected chi connectivity index (χ4v) is 1.79. The van der Waals surface area contributed by atoms with Crippen molar-refractivity contribution < 1.29 is 14.7 Å². The van der Waals surface area contributed by atoms with Crippen molar-refractivity contribution in [2.45, 2.75) is 52.1 Å². The summed E-state index contributed by atoms with van der Waals surface area (Å²) in [7, 11) is 0. The first kappa shape index (κ1) is 15.2. The number of nitrogens with one attached hydrogen (secondary N) is 1. The van der Waals surface area contributed by atoms with Crippen molar-refractivity contribution in [1.29, 1.82) is 0 Å². The van der Waals surface area contributed by atoms with Crippen LogP contribution in [0, 0.1) is 0 Å². The second kappa shape index (κ2) is 7.56. The van der Waals surface area contributed by atoms with E-state index in [-0.39, 0.29) is 18.5 Å². The molecule has 1 amide bonds. The number of rotatable bonds is 8. The predicted molar refractivity (Wildman–Crippen MR) is 70.9 cm³/mol. The van der Waals surface area contributed by atoms with Gasteiger partial charge in [-0.3, -0.25) is 14.3 Å². The molecule has 1 aromatic rings. The van der Waals surface area contributed by atoms with Crippen LogP contribution in [0.1, 0.15) is 49.9 Å². The highest BCUT2D eigenvalue weighted by Crippen LogP contribution is 2.04. The van der Waals surface area contributed by atoms with E-state index in [1.165, 1.54) is 17.1 Å². The highest BCUT2D eigenvalue weighted by molar-refractivity contribution is 5.93. The smallest absolute Gasteiger partial charge is 0.325 e. The first-order valence-electron chi connectivity index (χ1n) is 6.58. The van der Waals surface area contributed by atoms with Crippen LogP contribution in [0.2, 0.25) is 0 Å². The van der Waals surface area contributed by atoms with E-state index >= 15 is 0 Å². The molecule has 2 N–H and O–H groups in total. The van der Waals surface area contributed by atoms with Crippen molar-refractivity contribution in [3.05, 3.63) is 18.0 Å². The largest absolute Gasteiger partial charge is 0.480 e. The molecule has 6 nitrogen and oxygen atoms in total. The number of nitrogens with zero attached hydrogens (tertiary/aromatic N) is 2. The van der Waals surface area contributed by atoms with Gasteiger partial charge in [0.25, 0.3) is 5.91 Å². The second-order valence-corrected chi connectivity index (χ2v) is 4.69. The van der Waals surface area contributed by atoms with Crippen LogP contribution in [0.25, 0.3) is 0 Å². The van der Waals surface area contributed by atoms with Crippen molar-refractivity contribution in [3.8, 4) is 0 Å². The molecule has 0 aliphatic carbocycles. The van der Waals surface area contributed by atoms with Crippen LogP contribution in [0.4, 0.5) is 0 Å². The van der Waals surface area contributed by atoms with Gasteiger partial charge in [0.1, 0.15) is 6.54 Å².